The van der Waals surface area contributed by atoms with Crippen molar-refractivity contribution < 1.29 is 28.9 Å². The molecule has 0 N–H and O–H groups in total. The zero-order valence-electron chi connectivity index (χ0n) is 15.8. The SMILES string of the molecule is O=C(O[C@@H]1CCCC[C@H]1OC(=O)c1ccc([N+](=O)[O-])cc1)c1ccc([N+](=O)[O-])cc1. The fraction of sp³-hybridized carbons (Fsp3) is 0.300. The summed E-state index contributed by atoms with van der Waals surface area (Å²) in [7, 11) is 0. The Morgan fingerprint density at radius 1 is 0.700 bits per heavy atom. The Balaban J connectivity index is 1.65. The quantitative estimate of drug-likeness (QED) is 0.395. The number of nitro groups is 2. The highest BCUT2D eigenvalue weighted by molar-refractivity contribution is 5.90. The molecule has 0 aromatic heterocycles. The second-order valence-corrected chi connectivity index (χ2v) is 6.78. The molecule has 0 heterocycles. The number of nitrogens with zero attached hydrogens (tertiary/aromatic N) is 2. The van der Waals surface area contributed by atoms with Gasteiger partial charge in [-0.3, -0.25) is 20.2 Å². The van der Waals surface area contributed by atoms with E-state index < -0.39 is 34.0 Å². The number of benzene rings is 2. The van der Waals surface area contributed by atoms with Crippen LogP contribution in [0.3, 0.4) is 0 Å². The van der Waals surface area contributed by atoms with E-state index in [9.17, 15) is 29.8 Å². The number of hydrogen-bond donors (Lipinski definition) is 0. The van der Waals surface area contributed by atoms with Crippen molar-refractivity contribution in [3.05, 3.63) is 79.9 Å². The highest BCUT2D eigenvalue weighted by atomic mass is 16.6. The summed E-state index contributed by atoms with van der Waals surface area (Å²) in [5.74, 6) is -1.32. The molecule has 156 valence electrons. The normalized spacial score (nSPS) is 18.3. The first kappa shape index (κ1) is 20.9. The third kappa shape index (κ3) is 4.96. The number of carbonyl (C=O) groups is 2. The molecule has 1 aliphatic carbocycles. The number of non-ortho nitro benzene ring substituents is 2. The molecule has 0 unspecified atom stereocenters. The minimum absolute atomic E-state index is 0.140. The fourth-order valence-electron chi connectivity index (χ4n) is 3.18. The van der Waals surface area contributed by atoms with Crippen LogP contribution in [0.25, 0.3) is 0 Å². The Hall–Kier alpha value is -3.82. The number of ether oxygens (including phenoxy) is 2. The second-order valence-electron chi connectivity index (χ2n) is 6.78. The fourth-order valence-corrected chi connectivity index (χ4v) is 3.18. The molecular weight excluding hydrogens is 396 g/mol. The van der Waals surface area contributed by atoms with E-state index in [1.54, 1.807) is 0 Å². The monoisotopic (exact) mass is 414 g/mol. The molecule has 0 amide bonds. The summed E-state index contributed by atoms with van der Waals surface area (Å²) in [6.45, 7) is 0. The van der Waals surface area contributed by atoms with Crippen molar-refractivity contribution in [2.24, 2.45) is 0 Å². The Morgan fingerprint density at radius 3 is 1.33 bits per heavy atom. The van der Waals surface area contributed by atoms with Gasteiger partial charge in [-0.1, -0.05) is 0 Å². The van der Waals surface area contributed by atoms with E-state index in [1.165, 1.54) is 48.5 Å². The molecule has 10 nitrogen and oxygen atoms in total. The van der Waals surface area contributed by atoms with Crippen molar-refractivity contribution in [3.8, 4) is 0 Å². The van der Waals surface area contributed by atoms with Gasteiger partial charge in [0, 0.05) is 24.3 Å². The van der Waals surface area contributed by atoms with Crippen LogP contribution < -0.4 is 0 Å². The van der Waals surface area contributed by atoms with Crippen molar-refractivity contribution in [2.75, 3.05) is 0 Å². The third-order valence-electron chi connectivity index (χ3n) is 4.79. The lowest BCUT2D eigenvalue weighted by Crippen LogP contribution is -2.37. The van der Waals surface area contributed by atoms with E-state index in [1.807, 2.05) is 0 Å². The molecule has 10 heteroatoms. The number of hydrogen-bond acceptors (Lipinski definition) is 8. The minimum Gasteiger partial charge on any atom is -0.455 e. The van der Waals surface area contributed by atoms with Crippen LogP contribution >= 0.6 is 0 Å². The van der Waals surface area contributed by atoms with Gasteiger partial charge in [0.15, 0.2) is 0 Å². The molecular formula is C20H18N2O8. The minimum atomic E-state index is -0.659. The first-order valence-electron chi connectivity index (χ1n) is 9.26. The van der Waals surface area contributed by atoms with E-state index in [4.69, 9.17) is 9.47 Å². The highest BCUT2D eigenvalue weighted by Crippen LogP contribution is 2.26. The van der Waals surface area contributed by atoms with Crippen LogP contribution in [0.15, 0.2) is 48.5 Å². The Labute approximate surface area is 170 Å². The van der Waals surface area contributed by atoms with Gasteiger partial charge in [0.25, 0.3) is 11.4 Å². The zero-order chi connectivity index (χ0) is 21.7. The van der Waals surface area contributed by atoms with Gasteiger partial charge in [0.05, 0.1) is 21.0 Å². The van der Waals surface area contributed by atoms with Crippen LogP contribution in [-0.4, -0.2) is 34.0 Å². The average molecular weight is 414 g/mol. The molecule has 0 aliphatic heterocycles. The lowest BCUT2D eigenvalue weighted by Gasteiger charge is -2.30. The number of esters is 2. The molecule has 1 fully saturated rings. The summed E-state index contributed by atoms with van der Waals surface area (Å²) in [5.41, 5.74) is 0.0384. The first-order chi connectivity index (χ1) is 14.3. The van der Waals surface area contributed by atoms with Gasteiger partial charge in [-0.25, -0.2) is 9.59 Å². The molecule has 3 rings (SSSR count). The maximum absolute atomic E-state index is 12.4. The molecule has 1 saturated carbocycles. The van der Waals surface area contributed by atoms with Crippen LogP contribution in [0.2, 0.25) is 0 Å². The van der Waals surface area contributed by atoms with Gasteiger partial charge in [-0.05, 0) is 49.9 Å². The van der Waals surface area contributed by atoms with Crippen molar-refractivity contribution in [3.63, 3.8) is 0 Å². The third-order valence-corrected chi connectivity index (χ3v) is 4.79. The Bertz CT molecular complexity index is 876. The molecule has 0 spiro atoms. The maximum Gasteiger partial charge on any atom is 0.338 e. The van der Waals surface area contributed by atoms with Crippen molar-refractivity contribution >= 4 is 23.3 Å². The van der Waals surface area contributed by atoms with Crippen LogP contribution in [0.5, 0.6) is 0 Å². The summed E-state index contributed by atoms with van der Waals surface area (Å²) in [4.78, 5) is 45.1. The summed E-state index contributed by atoms with van der Waals surface area (Å²) in [5, 5.41) is 21.4. The van der Waals surface area contributed by atoms with E-state index in [0.717, 1.165) is 12.8 Å². The van der Waals surface area contributed by atoms with Crippen molar-refractivity contribution in [2.45, 2.75) is 37.9 Å². The molecule has 0 saturated heterocycles. The molecule has 2 aromatic carbocycles. The van der Waals surface area contributed by atoms with E-state index in [0.29, 0.717) is 12.8 Å². The number of rotatable bonds is 6. The smallest absolute Gasteiger partial charge is 0.338 e. The predicted molar refractivity (Wildman–Crippen MR) is 103 cm³/mol. The van der Waals surface area contributed by atoms with E-state index >= 15 is 0 Å². The molecule has 30 heavy (non-hydrogen) atoms. The van der Waals surface area contributed by atoms with Gasteiger partial charge in [0.1, 0.15) is 12.2 Å². The number of carbonyl (C=O) groups excluding carboxylic acids is 2. The summed E-state index contributed by atoms with van der Waals surface area (Å²) in [6, 6.07) is 10.1. The Kier molecular flexibility index (Phi) is 6.35. The number of nitro benzene ring substituents is 2. The first-order valence-corrected chi connectivity index (χ1v) is 9.26. The van der Waals surface area contributed by atoms with Crippen LogP contribution in [0.4, 0.5) is 11.4 Å². The standard InChI is InChI=1S/C20H18N2O8/c23-19(13-5-9-15(10-6-13)21(25)26)29-17-3-1-2-4-18(17)30-20(24)14-7-11-16(12-8-14)22(27)28/h5-12,17-18H,1-4H2/t17-,18-/m1/s1. The van der Waals surface area contributed by atoms with Gasteiger partial charge < -0.3 is 9.47 Å². The molecule has 0 bridgehead atoms. The van der Waals surface area contributed by atoms with Crippen LogP contribution in [0.1, 0.15) is 46.4 Å². The lowest BCUT2D eigenvalue weighted by molar-refractivity contribution is -0.385. The lowest BCUT2D eigenvalue weighted by atomic mass is 9.94. The summed E-state index contributed by atoms with van der Waals surface area (Å²) in [6.07, 6.45) is 1.31. The zero-order valence-corrected chi connectivity index (χ0v) is 15.8. The average Bonchev–Trinajstić information content (AvgIpc) is 2.75. The van der Waals surface area contributed by atoms with E-state index in [-0.39, 0.29) is 22.5 Å². The molecule has 0 radical (unpaired) electrons. The summed E-state index contributed by atoms with van der Waals surface area (Å²) < 4.78 is 11.0. The van der Waals surface area contributed by atoms with Crippen molar-refractivity contribution in [1.29, 1.82) is 0 Å². The predicted octanol–water partition coefficient (Wildman–Crippen LogP) is 3.83. The van der Waals surface area contributed by atoms with Gasteiger partial charge >= 0.3 is 11.9 Å². The summed E-state index contributed by atoms with van der Waals surface area (Å²) >= 11 is 0. The van der Waals surface area contributed by atoms with Crippen LogP contribution in [-0.2, 0) is 9.47 Å². The maximum atomic E-state index is 12.4. The van der Waals surface area contributed by atoms with Gasteiger partial charge in [-0.15, -0.1) is 0 Å². The highest BCUT2D eigenvalue weighted by Gasteiger charge is 2.32. The topological polar surface area (TPSA) is 139 Å². The Morgan fingerprint density at radius 2 is 1.03 bits per heavy atom. The second kappa shape index (κ2) is 9.12. The largest absolute Gasteiger partial charge is 0.455 e. The molecule has 2 atom stereocenters. The van der Waals surface area contributed by atoms with Gasteiger partial charge in [-0.2, -0.15) is 0 Å². The van der Waals surface area contributed by atoms with E-state index in [2.05, 4.69) is 0 Å². The van der Waals surface area contributed by atoms with Gasteiger partial charge in [0.2, 0.25) is 0 Å². The molecule has 1 aliphatic rings. The molecule has 2 aromatic rings. The van der Waals surface area contributed by atoms with Crippen LogP contribution in [0, 0.1) is 20.2 Å². The van der Waals surface area contributed by atoms with Crippen molar-refractivity contribution in [1.82, 2.24) is 0 Å².